The van der Waals surface area contributed by atoms with E-state index in [0.717, 1.165) is 5.69 Å². The third kappa shape index (κ3) is 8.27. The van der Waals surface area contributed by atoms with Gasteiger partial charge < -0.3 is 20.3 Å². The molecule has 0 aliphatic carbocycles. The second-order valence-electron chi connectivity index (χ2n) is 5.19. The van der Waals surface area contributed by atoms with Crippen molar-refractivity contribution in [2.24, 2.45) is 0 Å². The number of likely N-dealkylation sites (N-methyl/N-ethyl adjacent to an activating group) is 1. The third-order valence-corrected chi connectivity index (χ3v) is 3.08. The molecule has 0 atom stereocenters. The van der Waals surface area contributed by atoms with Crippen molar-refractivity contribution in [3.8, 4) is 0 Å². The van der Waals surface area contributed by atoms with Crippen LogP contribution in [0.4, 0.5) is 0 Å². The normalized spacial score (nSPS) is 10.6. The average Bonchev–Trinajstić information content (AvgIpc) is 2.93. The quantitative estimate of drug-likeness (QED) is 0.495. The lowest BCUT2D eigenvalue weighted by atomic mass is 10.3. The minimum atomic E-state index is -0.194. The maximum atomic E-state index is 11.7. The molecule has 0 saturated heterocycles. The van der Waals surface area contributed by atoms with E-state index in [9.17, 15) is 9.59 Å². The molecule has 1 heterocycles. The summed E-state index contributed by atoms with van der Waals surface area (Å²) in [5.74, 6) is -0.255. The van der Waals surface area contributed by atoms with Crippen LogP contribution in [0.3, 0.4) is 0 Å². The Morgan fingerprint density at radius 1 is 1.35 bits per heavy atom. The standard InChI is InChI=1S/C14H26N6O3/c1-12-10-20(18-17-12)7-9-23-8-6-16-13(21)11-19(3)14(22)4-5-15-2/h10,15H,4-9,11H2,1-3H3,(H,16,21). The van der Waals surface area contributed by atoms with Crippen LogP contribution < -0.4 is 10.6 Å². The fourth-order valence-electron chi connectivity index (χ4n) is 1.81. The second-order valence-corrected chi connectivity index (χ2v) is 5.19. The van der Waals surface area contributed by atoms with Crippen LogP contribution in [-0.2, 0) is 20.9 Å². The lowest BCUT2D eigenvalue weighted by molar-refractivity contribution is -0.134. The molecule has 1 aromatic heterocycles. The molecule has 0 aromatic carbocycles. The summed E-state index contributed by atoms with van der Waals surface area (Å²) in [4.78, 5) is 24.8. The molecule has 0 saturated carbocycles. The molecule has 0 spiro atoms. The average molecular weight is 326 g/mol. The first-order valence-electron chi connectivity index (χ1n) is 7.62. The van der Waals surface area contributed by atoms with Crippen molar-refractivity contribution in [3.05, 3.63) is 11.9 Å². The topological polar surface area (TPSA) is 101 Å². The van der Waals surface area contributed by atoms with E-state index in [2.05, 4.69) is 20.9 Å². The molecule has 2 N–H and O–H groups in total. The van der Waals surface area contributed by atoms with Gasteiger partial charge in [-0.1, -0.05) is 5.21 Å². The minimum Gasteiger partial charge on any atom is -0.378 e. The van der Waals surface area contributed by atoms with Crippen LogP contribution in [-0.4, -0.2) is 78.7 Å². The monoisotopic (exact) mass is 326 g/mol. The summed E-state index contributed by atoms with van der Waals surface area (Å²) in [6.45, 7) is 4.48. The van der Waals surface area contributed by atoms with Crippen LogP contribution in [0.2, 0.25) is 0 Å². The molecule has 0 fully saturated rings. The lowest BCUT2D eigenvalue weighted by Crippen LogP contribution is -2.40. The van der Waals surface area contributed by atoms with Gasteiger partial charge in [0.25, 0.3) is 0 Å². The van der Waals surface area contributed by atoms with Crippen molar-refractivity contribution in [1.82, 2.24) is 30.5 Å². The molecule has 0 aliphatic rings. The number of hydrogen-bond donors (Lipinski definition) is 2. The number of aryl methyl sites for hydroxylation is 1. The SMILES string of the molecule is CNCCC(=O)N(C)CC(=O)NCCOCCn1cc(C)nn1. The maximum absolute atomic E-state index is 11.7. The summed E-state index contributed by atoms with van der Waals surface area (Å²) in [7, 11) is 3.40. The Kier molecular flexibility index (Phi) is 8.85. The number of ether oxygens (including phenoxy) is 1. The van der Waals surface area contributed by atoms with Gasteiger partial charge in [-0.15, -0.1) is 5.10 Å². The molecule has 0 unspecified atom stereocenters. The minimum absolute atomic E-state index is 0.0563. The van der Waals surface area contributed by atoms with Gasteiger partial charge in [0.15, 0.2) is 0 Å². The van der Waals surface area contributed by atoms with Crippen LogP contribution in [0.5, 0.6) is 0 Å². The number of rotatable bonds is 11. The van der Waals surface area contributed by atoms with Gasteiger partial charge in [0.1, 0.15) is 0 Å². The summed E-state index contributed by atoms with van der Waals surface area (Å²) in [5.41, 5.74) is 0.866. The molecule has 0 bridgehead atoms. The van der Waals surface area contributed by atoms with E-state index in [0.29, 0.717) is 39.3 Å². The number of amides is 2. The molecule has 0 aliphatic heterocycles. The summed E-state index contributed by atoms with van der Waals surface area (Å²) < 4.78 is 7.12. The van der Waals surface area contributed by atoms with Gasteiger partial charge in [-0.2, -0.15) is 0 Å². The number of nitrogens with zero attached hydrogens (tertiary/aromatic N) is 4. The van der Waals surface area contributed by atoms with E-state index in [1.165, 1.54) is 4.90 Å². The Morgan fingerprint density at radius 2 is 2.13 bits per heavy atom. The number of aromatic nitrogens is 3. The number of carbonyl (C=O) groups excluding carboxylic acids is 2. The highest BCUT2D eigenvalue weighted by molar-refractivity contribution is 5.84. The smallest absolute Gasteiger partial charge is 0.239 e. The zero-order valence-electron chi connectivity index (χ0n) is 14.0. The van der Waals surface area contributed by atoms with E-state index in [-0.39, 0.29) is 18.4 Å². The zero-order chi connectivity index (χ0) is 17.1. The van der Waals surface area contributed by atoms with Crippen LogP contribution in [0.25, 0.3) is 0 Å². The van der Waals surface area contributed by atoms with E-state index >= 15 is 0 Å². The fourth-order valence-corrected chi connectivity index (χ4v) is 1.81. The van der Waals surface area contributed by atoms with Crippen molar-refractivity contribution >= 4 is 11.8 Å². The lowest BCUT2D eigenvalue weighted by Gasteiger charge is -2.16. The highest BCUT2D eigenvalue weighted by atomic mass is 16.5. The van der Waals surface area contributed by atoms with Gasteiger partial charge in [0.2, 0.25) is 11.8 Å². The highest BCUT2D eigenvalue weighted by Gasteiger charge is 2.11. The van der Waals surface area contributed by atoms with Crippen LogP contribution in [0.15, 0.2) is 6.20 Å². The van der Waals surface area contributed by atoms with E-state index < -0.39 is 0 Å². The number of carbonyl (C=O) groups is 2. The molecule has 1 rings (SSSR count). The van der Waals surface area contributed by atoms with Gasteiger partial charge in [0.05, 0.1) is 32.0 Å². The second kappa shape index (κ2) is 10.7. The molecule has 9 heteroatoms. The maximum Gasteiger partial charge on any atom is 0.239 e. The Morgan fingerprint density at radius 3 is 2.78 bits per heavy atom. The largest absolute Gasteiger partial charge is 0.378 e. The fraction of sp³-hybridized carbons (Fsp3) is 0.714. The van der Waals surface area contributed by atoms with Crippen molar-refractivity contribution < 1.29 is 14.3 Å². The van der Waals surface area contributed by atoms with Gasteiger partial charge in [-0.3, -0.25) is 9.59 Å². The van der Waals surface area contributed by atoms with Gasteiger partial charge in [-0.05, 0) is 14.0 Å². The predicted octanol–water partition coefficient (Wildman–Crippen LogP) is -1.21. The van der Waals surface area contributed by atoms with Crippen LogP contribution in [0.1, 0.15) is 12.1 Å². The summed E-state index contributed by atoms with van der Waals surface area (Å²) in [6.07, 6.45) is 2.22. The van der Waals surface area contributed by atoms with Crippen molar-refractivity contribution in [2.75, 3.05) is 46.9 Å². The Hall–Kier alpha value is -2.00. The molecule has 1 aromatic rings. The summed E-state index contributed by atoms with van der Waals surface area (Å²) in [6, 6.07) is 0. The van der Waals surface area contributed by atoms with E-state index in [1.807, 2.05) is 13.1 Å². The van der Waals surface area contributed by atoms with Crippen molar-refractivity contribution in [3.63, 3.8) is 0 Å². The molecular formula is C14H26N6O3. The third-order valence-electron chi connectivity index (χ3n) is 3.08. The molecule has 23 heavy (non-hydrogen) atoms. The first-order valence-corrected chi connectivity index (χ1v) is 7.62. The number of nitrogens with one attached hydrogen (secondary N) is 2. The van der Waals surface area contributed by atoms with E-state index in [1.54, 1.807) is 18.8 Å². The Bertz CT molecular complexity index is 491. The first-order chi connectivity index (χ1) is 11.0. The highest BCUT2D eigenvalue weighted by Crippen LogP contribution is 1.90. The van der Waals surface area contributed by atoms with Crippen LogP contribution >= 0.6 is 0 Å². The molecule has 2 amide bonds. The van der Waals surface area contributed by atoms with Crippen LogP contribution in [0, 0.1) is 6.92 Å². The van der Waals surface area contributed by atoms with Gasteiger partial charge >= 0.3 is 0 Å². The first kappa shape index (κ1) is 19.0. The van der Waals surface area contributed by atoms with Gasteiger partial charge in [0, 0.05) is 32.8 Å². The molecule has 0 radical (unpaired) electrons. The zero-order valence-corrected chi connectivity index (χ0v) is 14.0. The summed E-state index contributed by atoms with van der Waals surface area (Å²) in [5, 5.41) is 13.4. The predicted molar refractivity (Wildman–Crippen MR) is 84.8 cm³/mol. The van der Waals surface area contributed by atoms with E-state index in [4.69, 9.17) is 4.74 Å². The van der Waals surface area contributed by atoms with Gasteiger partial charge in [-0.25, -0.2) is 4.68 Å². The Balaban J connectivity index is 2.04. The molecule has 9 nitrogen and oxygen atoms in total. The molecule has 130 valence electrons. The van der Waals surface area contributed by atoms with Crippen molar-refractivity contribution in [2.45, 2.75) is 19.9 Å². The number of hydrogen-bond acceptors (Lipinski definition) is 6. The Labute approximate surface area is 136 Å². The molecular weight excluding hydrogens is 300 g/mol. The van der Waals surface area contributed by atoms with Crippen molar-refractivity contribution in [1.29, 1.82) is 0 Å². The summed E-state index contributed by atoms with van der Waals surface area (Å²) >= 11 is 0.